The molecule has 0 aromatic heterocycles. The first-order chi connectivity index (χ1) is 10.8. The Bertz CT molecular complexity index is 560. The molecule has 0 aliphatic carbocycles. The first kappa shape index (κ1) is 20.6. The lowest BCUT2D eigenvalue weighted by Gasteiger charge is -2.41. The van der Waals surface area contributed by atoms with E-state index in [0.29, 0.717) is 0 Å². The Labute approximate surface area is 134 Å². The number of hydrogen-bond donors (Lipinski definition) is 1. The third kappa shape index (κ3) is 4.78. The normalized spacial score (nSPS) is 31.4. The molecule has 0 saturated carbocycles. The van der Waals surface area contributed by atoms with Crippen LogP contribution in [0.25, 0.3) is 0 Å². The summed E-state index contributed by atoms with van der Waals surface area (Å²) in [5.41, 5.74) is -5.78. The quantitative estimate of drug-likeness (QED) is 0.402. The highest BCUT2D eigenvalue weighted by Gasteiger charge is 2.56. The van der Waals surface area contributed by atoms with Gasteiger partial charge in [0.1, 0.15) is 0 Å². The van der Waals surface area contributed by atoms with Gasteiger partial charge in [-0.2, -0.15) is 21.6 Å². The summed E-state index contributed by atoms with van der Waals surface area (Å²) in [7, 11) is -6.13. The molecule has 24 heavy (non-hydrogen) atoms. The van der Waals surface area contributed by atoms with Gasteiger partial charge in [-0.05, 0) is 6.92 Å². The molecule has 0 amide bonds. The van der Waals surface area contributed by atoms with Crippen LogP contribution in [0.15, 0.2) is 0 Å². The first-order valence-corrected chi connectivity index (χ1v) is 7.84. The second kappa shape index (κ2) is 7.21. The second-order valence-corrected chi connectivity index (χ2v) is 6.40. The van der Waals surface area contributed by atoms with Crippen LogP contribution in [0.4, 0.5) is 13.2 Å². The van der Waals surface area contributed by atoms with Crippen molar-refractivity contribution in [3.05, 3.63) is 0 Å². The minimum Gasteiger partial charge on any atom is -0.457 e. The summed E-state index contributed by atoms with van der Waals surface area (Å²) in [4.78, 5) is 22.2. The van der Waals surface area contributed by atoms with Gasteiger partial charge in [-0.25, -0.2) is 0 Å². The number of carbonyl (C=O) groups is 2. The topological polar surface area (TPSA) is 125 Å². The number of aliphatic hydroxyl groups is 1. The Kier molecular flexibility index (Phi) is 6.19. The van der Waals surface area contributed by atoms with Crippen LogP contribution in [-0.2, 0) is 38.1 Å². The van der Waals surface area contributed by atoms with Crippen LogP contribution in [0, 0.1) is 0 Å². The van der Waals surface area contributed by atoms with Crippen molar-refractivity contribution in [3.8, 4) is 0 Å². The predicted octanol–water partition coefficient (Wildman–Crippen LogP) is -0.178. The molecular weight excluding hydrogens is 365 g/mol. The molecule has 0 aromatic carbocycles. The largest absolute Gasteiger partial charge is 0.523 e. The highest BCUT2D eigenvalue weighted by Crippen LogP contribution is 2.33. The van der Waals surface area contributed by atoms with Gasteiger partial charge in [0.2, 0.25) is 0 Å². The SMILES string of the molecule is CC(=O)O[C@@H]1[C@@H](OS(=O)(=O)C(F)(F)F)[C@@H](OC(C)=O)[C@@H](O)O[C@H]1C. The Morgan fingerprint density at radius 2 is 1.50 bits per heavy atom. The van der Waals surface area contributed by atoms with Crippen LogP contribution in [-0.4, -0.2) is 61.7 Å². The van der Waals surface area contributed by atoms with Gasteiger partial charge in [0.25, 0.3) is 0 Å². The summed E-state index contributed by atoms with van der Waals surface area (Å²) in [6, 6.07) is 0. The molecule has 1 heterocycles. The molecule has 140 valence electrons. The van der Waals surface area contributed by atoms with Crippen molar-refractivity contribution in [2.75, 3.05) is 0 Å². The number of rotatable bonds is 4. The van der Waals surface area contributed by atoms with Crippen LogP contribution in [0.3, 0.4) is 0 Å². The molecule has 1 N–H and O–H groups in total. The molecule has 0 aromatic rings. The standard InChI is InChI=1S/C11H15F3O9S/c1-4-7(21-5(2)15)8(23-24(18,19)11(12,13)14)9(10(17)20-4)22-6(3)16/h4,7-10,17H,1-3H3/t4-,7-,8+,9+,10-/m0/s1. The maximum absolute atomic E-state index is 12.5. The summed E-state index contributed by atoms with van der Waals surface area (Å²) in [5, 5.41) is 9.71. The van der Waals surface area contributed by atoms with E-state index in [4.69, 9.17) is 9.47 Å². The fourth-order valence-corrected chi connectivity index (χ4v) is 2.59. The van der Waals surface area contributed by atoms with Gasteiger partial charge < -0.3 is 19.3 Å². The monoisotopic (exact) mass is 380 g/mol. The smallest absolute Gasteiger partial charge is 0.457 e. The van der Waals surface area contributed by atoms with Crippen molar-refractivity contribution in [1.82, 2.24) is 0 Å². The van der Waals surface area contributed by atoms with Crippen molar-refractivity contribution >= 4 is 22.1 Å². The molecule has 0 unspecified atom stereocenters. The number of hydrogen-bond acceptors (Lipinski definition) is 9. The molecular formula is C11H15F3O9S. The summed E-state index contributed by atoms with van der Waals surface area (Å²) in [6.45, 7) is 2.96. The number of alkyl halides is 3. The zero-order valence-electron chi connectivity index (χ0n) is 12.6. The highest BCUT2D eigenvalue weighted by atomic mass is 32.2. The lowest BCUT2D eigenvalue weighted by molar-refractivity contribution is -0.281. The van der Waals surface area contributed by atoms with Gasteiger partial charge >= 0.3 is 27.6 Å². The first-order valence-electron chi connectivity index (χ1n) is 6.43. The maximum atomic E-state index is 12.5. The Morgan fingerprint density at radius 3 is 1.92 bits per heavy atom. The number of esters is 2. The molecule has 13 heteroatoms. The van der Waals surface area contributed by atoms with E-state index in [1.807, 2.05) is 0 Å². The number of ether oxygens (including phenoxy) is 3. The van der Waals surface area contributed by atoms with Gasteiger partial charge in [-0.1, -0.05) is 0 Å². The zero-order chi connectivity index (χ0) is 18.9. The van der Waals surface area contributed by atoms with E-state index in [9.17, 15) is 36.3 Å². The van der Waals surface area contributed by atoms with Crippen LogP contribution >= 0.6 is 0 Å². The molecule has 1 rings (SSSR count). The minimum absolute atomic E-state index is 0.862. The molecule has 0 spiro atoms. The summed E-state index contributed by atoms with van der Waals surface area (Å²) >= 11 is 0. The van der Waals surface area contributed by atoms with Crippen molar-refractivity contribution in [2.45, 2.75) is 57.0 Å². The average molecular weight is 380 g/mol. The summed E-state index contributed by atoms with van der Waals surface area (Å²) in [6.07, 6.45) is -9.07. The fourth-order valence-electron chi connectivity index (χ4n) is 1.97. The Balaban J connectivity index is 3.26. The lowest BCUT2D eigenvalue weighted by Crippen LogP contribution is -2.61. The minimum atomic E-state index is -6.13. The van der Waals surface area contributed by atoms with Gasteiger partial charge in [0.15, 0.2) is 24.6 Å². The van der Waals surface area contributed by atoms with Crippen LogP contribution < -0.4 is 0 Å². The van der Waals surface area contributed by atoms with Crippen LogP contribution in [0.5, 0.6) is 0 Å². The number of halogens is 3. The Hall–Kier alpha value is -1.44. The predicted molar refractivity (Wildman–Crippen MR) is 67.5 cm³/mol. The third-order valence-corrected chi connectivity index (χ3v) is 3.91. The summed E-state index contributed by atoms with van der Waals surface area (Å²) < 4.78 is 78.3. The molecule has 5 atom stereocenters. The molecule has 1 fully saturated rings. The number of aliphatic hydroxyl groups excluding tert-OH is 1. The van der Waals surface area contributed by atoms with E-state index in [0.717, 1.165) is 13.8 Å². The Morgan fingerprint density at radius 1 is 1.04 bits per heavy atom. The van der Waals surface area contributed by atoms with E-state index >= 15 is 0 Å². The van der Waals surface area contributed by atoms with Gasteiger partial charge in [0, 0.05) is 13.8 Å². The molecule has 1 saturated heterocycles. The maximum Gasteiger partial charge on any atom is 0.523 e. The second-order valence-electron chi connectivity index (χ2n) is 4.84. The van der Waals surface area contributed by atoms with Crippen molar-refractivity contribution < 1.29 is 54.7 Å². The molecule has 0 bridgehead atoms. The van der Waals surface area contributed by atoms with Crippen molar-refractivity contribution in [2.24, 2.45) is 0 Å². The fraction of sp³-hybridized carbons (Fsp3) is 0.818. The third-order valence-electron chi connectivity index (χ3n) is 2.87. The molecule has 9 nitrogen and oxygen atoms in total. The summed E-state index contributed by atoms with van der Waals surface area (Å²) in [5.74, 6) is -2.04. The van der Waals surface area contributed by atoms with E-state index in [2.05, 4.69) is 8.92 Å². The van der Waals surface area contributed by atoms with Crippen LogP contribution in [0.1, 0.15) is 20.8 Å². The van der Waals surface area contributed by atoms with Gasteiger partial charge in [-0.15, -0.1) is 0 Å². The van der Waals surface area contributed by atoms with E-state index < -0.39 is 58.3 Å². The van der Waals surface area contributed by atoms with Gasteiger partial charge in [0.05, 0.1) is 6.10 Å². The number of carbonyl (C=O) groups excluding carboxylic acids is 2. The molecule has 1 aliphatic rings. The zero-order valence-corrected chi connectivity index (χ0v) is 13.5. The van der Waals surface area contributed by atoms with Crippen LogP contribution in [0.2, 0.25) is 0 Å². The van der Waals surface area contributed by atoms with Crippen molar-refractivity contribution in [1.29, 1.82) is 0 Å². The van der Waals surface area contributed by atoms with Crippen molar-refractivity contribution in [3.63, 3.8) is 0 Å². The van der Waals surface area contributed by atoms with E-state index in [1.165, 1.54) is 6.92 Å². The lowest BCUT2D eigenvalue weighted by atomic mass is 9.99. The van der Waals surface area contributed by atoms with E-state index in [1.54, 1.807) is 0 Å². The molecule has 1 aliphatic heterocycles. The average Bonchev–Trinajstić information content (AvgIpc) is 2.36. The van der Waals surface area contributed by atoms with Gasteiger partial charge in [-0.3, -0.25) is 13.8 Å². The molecule has 0 radical (unpaired) electrons. The van der Waals surface area contributed by atoms with E-state index in [-0.39, 0.29) is 0 Å². The highest BCUT2D eigenvalue weighted by molar-refractivity contribution is 7.87.